The van der Waals surface area contributed by atoms with Crippen molar-refractivity contribution in [1.29, 1.82) is 0 Å². The zero-order valence-electron chi connectivity index (χ0n) is 21.3. The van der Waals surface area contributed by atoms with E-state index in [2.05, 4.69) is 38.1 Å². The molecule has 0 saturated carbocycles. The summed E-state index contributed by atoms with van der Waals surface area (Å²) in [4.78, 5) is 25.5. The predicted octanol–water partition coefficient (Wildman–Crippen LogP) is 1.74. The molecular formula is C27H24N5NaO4. The molecule has 0 aliphatic carbocycles. The number of carbonyl (C=O) groups is 1. The Morgan fingerprint density at radius 2 is 1.81 bits per heavy atom. The topological polar surface area (TPSA) is 123 Å². The summed E-state index contributed by atoms with van der Waals surface area (Å²) in [5, 5.41) is 16.7. The van der Waals surface area contributed by atoms with E-state index in [-0.39, 0.29) is 59.5 Å². The van der Waals surface area contributed by atoms with Crippen LogP contribution in [-0.4, -0.2) is 33.1 Å². The van der Waals surface area contributed by atoms with Crippen LogP contribution in [0.15, 0.2) is 88.1 Å². The van der Waals surface area contributed by atoms with E-state index in [4.69, 9.17) is 9.15 Å². The normalized spacial score (nSPS) is 10.6. The van der Waals surface area contributed by atoms with Gasteiger partial charge in [-0.15, -0.1) is 10.2 Å². The molecule has 5 rings (SSSR count). The monoisotopic (exact) mass is 505 g/mol. The fourth-order valence-corrected chi connectivity index (χ4v) is 3.81. The quantitative estimate of drug-likeness (QED) is 0.231. The summed E-state index contributed by atoms with van der Waals surface area (Å²) >= 11 is 0. The summed E-state index contributed by atoms with van der Waals surface area (Å²) in [6.07, 6.45) is 3.00. The molecule has 0 atom stereocenters. The van der Waals surface area contributed by atoms with Gasteiger partial charge in [0.25, 0.3) is 5.91 Å². The molecule has 0 unspecified atom stereocenters. The fraction of sp³-hybridized carbons (Fsp3) is 0.148. The first kappa shape index (κ1) is 26.3. The van der Waals surface area contributed by atoms with E-state index >= 15 is 0 Å². The van der Waals surface area contributed by atoms with Crippen molar-refractivity contribution >= 4 is 22.6 Å². The van der Waals surface area contributed by atoms with Crippen molar-refractivity contribution in [1.82, 2.24) is 20.6 Å². The summed E-state index contributed by atoms with van der Waals surface area (Å²) in [7, 11) is 0. The van der Waals surface area contributed by atoms with Crippen molar-refractivity contribution < 1.29 is 44.9 Å². The van der Waals surface area contributed by atoms with Crippen molar-refractivity contribution in [3.8, 4) is 17.3 Å². The Bertz CT molecular complexity index is 1530. The molecule has 0 bridgehead atoms. The van der Waals surface area contributed by atoms with Crippen LogP contribution >= 0.6 is 0 Å². The number of unbranched alkanes of at least 4 members (excludes halogenated alkanes) is 1. The Balaban J connectivity index is 0.00000200. The van der Waals surface area contributed by atoms with Crippen LogP contribution in [0.2, 0.25) is 0 Å². The Labute approximate surface area is 236 Å². The van der Waals surface area contributed by atoms with E-state index in [0.29, 0.717) is 29.0 Å². The van der Waals surface area contributed by atoms with Gasteiger partial charge in [-0.1, -0.05) is 36.4 Å². The van der Waals surface area contributed by atoms with Gasteiger partial charge in [0.2, 0.25) is 5.82 Å². The first-order chi connectivity index (χ1) is 17.7. The molecule has 5 aromatic rings. The van der Waals surface area contributed by atoms with E-state index < -0.39 is 0 Å². The van der Waals surface area contributed by atoms with Crippen LogP contribution in [0.5, 0.6) is 5.75 Å². The number of fused-ring (bicyclic) bond motifs is 1. The number of rotatable bonds is 9. The van der Waals surface area contributed by atoms with Crippen LogP contribution in [0.1, 0.15) is 30.2 Å². The maximum atomic E-state index is 12.9. The zero-order chi connectivity index (χ0) is 24.7. The molecule has 0 fully saturated rings. The summed E-state index contributed by atoms with van der Waals surface area (Å²) in [5.41, 5.74) is 2.08. The third-order valence-electron chi connectivity index (χ3n) is 5.66. The molecule has 2 N–H and O–H groups in total. The molecule has 0 aliphatic rings. The SMILES string of the molecule is O=C(Nc1cccc2c(=O)cc(-c3nn[nH]n3)oc12)c1ccc(OCCCCc2ccccc2)cc1.[H-].[Na+]. The molecule has 1 amide bonds. The minimum absolute atomic E-state index is 0. The van der Waals surface area contributed by atoms with Crippen LogP contribution in [0, 0.1) is 0 Å². The molecule has 10 heteroatoms. The van der Waals surface area contributed by atoms with Crippen LogP contribution in [0.4, 0.5) is 5.69 Å². The Morgan fingerprint density at radius 3 is 2.57 bits per heavy atom. The van der Waals surface area contributed by atoms with Gasteiger partial charge in [-0.05, 0) is 66.4 Å². The molecule has 37 heavy (non-hydrogen) atoms. The summed E-state index contributed by atoms with van der Waals surface area (Å²) < 4.78 is 11.7. The minimum Gasteiger partial charge on any atom is -1.00 e. The Morgan fingerprint density at radius 1 is 1.00 bits per heavy atom. The number of H-pyrrole nitrogens is 1. The second-order valence-corrected chi connectivity index (χ2v) is 8.16. The van der Waals surface area contributed by atoms with E-state index in [1.54, 1.807) is 42.5 Å². The number of nitrogens with zero attached hydrogens (tertiary/aromatic N) is 3. The number of anilines is 1. The summed E-state index contributed by atoms with van der Waals surface area (Å²) in [5.74, 6) is 0.649. The smallest absolute Gasteiger partial charge is 1.00 e. The minimum atomic E-state index is -0.343. The molecule has 2 aromatic heterocycles. The van der Waals surface area contributed by atoms with Crippen molar-refractivity contribution in [3.05, 3.63) is 100 Å². The van der Waals surface area contributed by atoms with Gasteiger partial charge >= 0.3 is 29.6 Å². The van der Waals surface area contributed by atoms with Crippen LogP contribution in [0.3, 0.4) is 0 Å². The second kappa shape index (κ2) is 12.4. The number of aromatic amines is 1. The predicted molar refractivity (Wildman–Crippen MR) is 136 cm³/mol. The van der Waals surface area contributed by atoms with Crippen molar-refractivity contribution in [2.75, 3.05) is 11.9 Å². The number of ether oxygens (including phenoxy) is 1. The zero-order valence-corrected chi connectivity index (χ0v) is 22.3. The first-order valence-electron chi connectivity index (χ1n) is 11.6. The average molecular weight is 506 g/mol. The average Bonchev–Trinajstić information content (AvgIpc) is 3.45. The number of hydrogen-bond acceptors (Lipinski definition) is 7. The fourth-order valence-electron chi connectivity index (χ4n) is 3.81. The number of para-hydroxylation sites is 1. The first-order valence-corrected chi connectivity index (χ1v) is 11.6. The Hall–Kier alpha value is -3.79. The van der Waals surface area contributed by atoms with Crippen LogP contribution < -0.4 is 45.0 Å². The maximum absolute atomic E-state index is 12.9. The number of benzene rings is 3. The molecule has 2 heterocycles. The van der Waals surface area contributed by atoms with E-state index in [0.717, 1.165) is 19.3 Å². The number of carbonyl (C=O) groups excluding carboxylic acids is 1. The van der Waals surface area contributed by atoms with Crippen molar-refractivity contribution in [2.24, 2.45) is 0 Å². The van der Waals surface area contributed by atoms with Crippen molar-refractivity contribution in [3.63, 3.8) is 0 Å². The molecule has 0 aliphatic heterocycles. The van der Waals surface area contributed by atoms with Crippen LogP contribution in [0.25, 0.3) is 22.6 Å². The van der Waals surface area contributed by atoms with Gasteiger partial charge in [-0.25, -0.2) is 0 Å². The number of amides is 1. The van der Waals surface area contributed by atoms with E-state index in [1.807, 2.05) is 18.2 Å². The molecular weight excluding hydrogens is 481 g/mol. The number of aryl methyl sites for hydroxylation is 1. The van der Waals surface area contributed by atoms with Crippen molar-refractivity contribution in [2.45, 2.75) is 19.3 Å². The molecule has 0 spiro atoms. The molecule has 9 nitrogen and oxygen atoms in total. The third kappa shape index (κ3) is 6.51. The van der Waals surface area contributed by atoms with Gasteiger partial charge in [0.15, 0.2) is 16.8 Å². The number of hydrogen-bond donors (Lipinski definition) is 2. The van der Waals surface area contributed by atoms with Crippen LogP contribution in [-0.2, 0) is 6.42 Å². The summed E-state index contributed by atoms with van der Waals surface area (Å²) in [6, 6.07) is 23.6. The summed E-state index contributed by atoms with van der Waals surface area (Å²) in [6.45, 7) is 0.607. The standard InChI is InChI=1S/C27H23N5O4.Na.H/c33-23-17-24(26-29-31-32-30-26)36-25-21(23)10-6-11-22(25)28-27(34)19-12-14-20(15-13-19)35-16-5-4-9-18-7-2-1-3-8-18;;/h1-3,6-8,10-15,17H,4-5,9,16H2,(H,28,34)(H,29,30,31,32);;/q;+1;-1. The van der Waals surface area contributed by atoms with Gasteiger partial charge in [-0.2, -0.15) is 5.21 Å². The molecule has 3 aromatic carbocycles. The Kier molecular flexibility index (Phi) is 8.84. The number of nitrogens with one attached hydrogen (secondary N) is 2. The molecule has 0 saturated heterocycles. The van der Waals surface area contributed by atoms with Gasteiger partial charge in [0, 0.05) is 11.6 Å². The van der Waals surface area contributed by atoms with E-state index in [9.17, 15) is 9.59 Å². The maximum Gasteiger partial charge on any atom is 1.00 e. The van der Waals surface area contributed by atoms with Gasteiger partial charge in [0.05, 0.1) is 17.7 Å². The number of tetrazole rings is 1. The third-order valence-corrected chi connectivity index (χ3v) is 5.66. The number of aromatic nitrogens is 4. The van der Waals surface area contributed by atoms with Gasteiger partial charge in [0.1, 0.15) is 5.75 Å². The van der Waals surface area contributed by atoms with E-state index in [1.165, 1.54) is 11.6 Å². The van der Waals surface area contributed by atoms with Gasteiger partial charge < -0.3 is 15.9 Å². The van der Waals surface area contributed by atoms with Gasteiger partial charge in [-0.3, -0.25) is 9.59 Å². The molecule has 0 radical (unpaired) electrons. The largest absolute Gasteiger partial charge is 1.00 e. The molecule has 182 valence electrons. The second-order valence-electron chi connectivity index (χ2n) is 8.16.